The monoisotopic (exact) mass is 220 g/mol. The Hall–Kier alpha value is -1.15. The third-order valence-corrected chi connectivity index (χ3v) is 3.61. The molecule has 1 rings (SSSR count). The zero-order valence-corrected chi connectivity index (χ0v) is 10.3. The van der Waals surface area contributed by atoms with Crippen molar-refractivity contribution in [2.45, 2.75) is 39.0 Å². The van der Waals surface area contributed by atoms with E-state index >= 15 is 0 Å². The fraction of sp³-hybridized carbons (Fsp3) is 0.500. The minimum Gasteiger partial charge on any atom is -0.388 e. The maximum absolute atomic E-state index is 11.3. The maximum Gasteiger partial charge on any atom is 0.188 e. The van der Waals surface area contributed by atoms with Crippen molar-refractivity contribution in [3.05, 3.63) is 35.4 Å². The largest absolute Gasteiger partial charge is 0.388 e. The molecule has 1 N–H and O–H groups in total. The van der Waals surface area contributed by atoms with Gasteiger partial charge in [-0.3, -0.25) is 4.79 Å². The molecule has 0 spiro atoms. The molecule has 0 heterocycles. The van der Waals surface area contributed by atoms with Gasteiger partial charge in [0.05, 0.1) is 0 Å². The Kier molecular flexibility index (Phi) is 4.25. The number of Topliss-reactive ketones (excluding diaryl/α,β-unsaturated/α-hetero) is 1. The molecule has 2 heteroatoms. The molecule has 1 aromatic rings. The van der Waals surface area contributed by atoms with Gasteiger partial charge < -0.3 is 5.11 Å². The lowest BCUT2D eigenvalue weighted by molar-refractivity contribution is 0.0903. The van der Waals surface area contributed by atoms with E-state index in [0.29, 0.717) is 5.56 Å². The molecule has 88 valence electrons. The first-order valence-corrected chi connectivity index (χ1v) is 5.82. The summed E-state index contributed by atoms with van der Waals surface area (Å²) in [6, 6.07) is 7.60. The van der Waals surface area contributed by atoms with E-state index in [1.807, 2.05) is 12.1 Å². The van der Waals surface area contributed by atoms with E-state index in [4.69, 9.17) is 5.11 Å². The van der Waals surface area contributed by atoms with Crippen LogP contribution in [0.4, 0.5) is 0 Å². The summed E-state index contributed by atoms with van der Waals surface area (Å²) in [6.07, 6.45) is 2.16. The Balaban J connectivity index is 2.98. The molecule has 0 radical (unpaired) electrons. The summed E-state index contributed by atoms with van der Waals surface area (Å²) >= 11 is 0. The van der Waals surface area contributed by atoms with Crippen molar-refractivity contribution in [2.24, 2.45) is 0 Å². The molecule has 0 saturated carbocycles. The van der Waals surface area contributed by atoms with E-state index in [1.54, 1.807) is 12.1 Å². The first kappa shape index (κ1) is 12.9. The molecule has 0 aliphatic carbocycles. The van der Waals surface area contributed by atoms with Crippen LogP contribution in [0.2, 0.25) is 0 Å². The average Bonchev–Trinajstić information content (AvgIpc) is 2.37. The van der Waals surface area contributed by atoms with Gasteiger partial charge in [0.1, 0.15) is 6.61 Å². The summed E-state index contributed by atoms with van der Waals surface area (Å²) in [4.78, 5) is 11.3. The summed E-state index contributed by atoms with van der Waals surface area (Å²) in [5, 5.41) is 8.76. The smallest absolute Gasteiger partial charge is 0.188 e. The van der Waals surface area contributed by atoms with Gasteiger partial charge in [0.25, 0.3) is 0 Å². The molecule has 0 unspecified atom stereocenters. The lowest BCUT2D eigenvalue weighted by atomic mass is 9.77. The van der Waals surface area contributed by atoms with Gasteiger partial charge in [-0.25, -0.2) is 0 Å². The fourth-order valence-electron chi connectivity index (χ4n) is 1.81. The highest BCUT2D eigenvalue weighted by Crippen LogP contribution is 2.30. The summed E-state index contributed by atoms with van der Waals surface area (Å²) in [6.45, 7) is 6.17. The van der Waals surface area contributed by atoms with Crippen LogP contribution in [0, 0.1) is 0 Å². The van der Waals surface area contributed by atoms with E-state index in [9.17, 15) is 4.79 Å². The highest BCUT2D eigenvalue weighted by molar-refractivity contribution is 5.96. The second-order valence-corrected chi connectivity index (χ2v) is 4.43. The van der Waals surface area contributed by atoms with Crippen molar-refractivity contribution in [1.29, 1.82) is 0 Å². The van der Waals surface area contributed by atoms with Crippen molar-refractivity contribution < 1.29 is 9.90 Å². The molecule has 1 aromatic carbocycles. The summed E-state index contributed by atoms with van der Waals surface area (Å²) in [5.74, 6) is -0.221. The Morgan fingerprint density at radius 3 is 2.06 bits per heavy atom. The fourth-order valence-corrected chi connectivity index (χ4v) is 1.81. The van der Waals surface area contributed by atoms with Crippen LogP contribution in [-0.2, 0) is 5.41 Å². The number of hydrogen-bond acceptors (Lipinski definition) is 2. The molecule has 0 saturated heterocycles. The SMILES string of the molecule is CCC(C)(CC)c1ccc(C(=O)CO)cc1. The number of aliphatic hydroxyl groups is 1. The number of benzene rings is 1. The van der Waals surface area contributed by atoms with Crippen LogP contribution in [0.3, 0.4) is 0 Å². The molecule has 0 atom stereocenters. The summed E-state index contributed by atoms with van der Waals surface area (Å²) in [7, 11) is 0. The van der Waals surface area contributed by atoms with Crippen LogP contribution in [0.25, 0.3) is 0 Å². The van der Waals surface area contributed by atoms with E-state index < -0.39 is 6.61 Å². The minimum absolute atomic E-state index is 0.181. The molecule has 0 aliphatic heterocycles. The maximum atomic E-state index is 11.3. The number of carbonyl (C=O) groups excluding carboxylic acids is 1. The normalized spacial score (nSPS) is 11.5. The number of carbonyl (C=O) groups is 1. The van der Waals surface area contributed by atoms with Gasteiger partial charge in [-0.05, 0) is 23.8 Å². The van der Waals surface area contributed by atoms with Crippen molar-refractivity contribution >= 4 is 5.78 Å². The lowest BCUT2D eigenvalue weighted by Crippen LogP contribution is -2.19. The van der Waals surface area contributed by atoms with Gasteiger partial charge in [-0.1, -0.05) is 45.0 Å². The molecule has 0 aliphatic rings. The standard InChI is InChI=1S/C14H20O2/c1-4-14(3,5-2)12-8-6-11(7-9-12)13(16)10-15/h6-9,15H,4-5,10H2,1-3H3. The highest BCUT2D eigenvalue weighted by Gasteiger charge is 2.22. The van der Waals surface area contributed by atoms with E-state index in [1.165, 1.54) is 5.56 Å². The second kappa shape index (κ2) is 5.26. The number of hydrogen-bond donors (Lipinski definition) is 1. The molecule has 16 heavy (non-hydrogen) atoms. The predicted molar refractivity (Wildman–Crippen MR) is 65.8 cm³/mol. The van der Waals surface area contributed by atoms with Gasteiger partial charge in [-0.15, -0.1) is 0 Å². The van der Waals surface area contributed by atoms with E-state index in [-0.39, 0.29) is 11.2 Å². The first-order chi connectivity index (χ1) is 7.57. The molecule has 0 fully saturated rings. The Morgan fingerprint density at radius 1 is 1.19 bits per heavy atom. The third kappa shape index (κ3) is 2.50. The van der Waals surface area contributed by atoms with Gasteiger partial charge in [0.15, 0.2) is 5.78 Å². The number of rotatable bonds is 5. The van der Waals surface area contributed by atoms with Crippen LogP contribution in [-0.4, -0.2) is 17.5 Å². The Morgan fingerprint density at radius 2 is 1.69 bits per heavy atom. The molecule has 0 amide bonds. The quantitative estimate of drug-likeness (QED) is 0.775. The molecule has 2 nitrogen and oxygen atoms in total. The van der Waals surface area contributed by atoms with Crippen molar-refractivity contribution in [1.82, 2.24) is 0 Å². The number of ketones is 1. The van der Waals surface area contributed by atoms with Crippen molar-refractivity contribution in [3.8, 4) is 0 Å². The predicted octanol–water partition coefficient (Wildman–Crippen LogP) is 2.94. The summed E-state index contributed by atoms with van der Waals surface area (Å²) in [5.41, 5.74) is 2.02. The zero-order valence-electron chi connectivity index (χ0n) is 10.3. The van der Waals surface area contributed by atoms with Crippen LogP contribution >= 0.6 is 0 Å². The van der Waals surface area contributed by atoms with E-state index in [2.05, 4.69) is 20.8 Å². The highest BCUT2D eigenvalue weighted by atomic mass is 16.3. The van der Waals surface area contributed by atoms with Gasteiger partial charge in [0.2, 0.25) is 0 Å². The minimum atomic E-state index is -0.418. The van der Waals surface area contributed by atoms with Crippen molar-refractivity contribution in [3.63, 3.8) is 0 Å². The molecule has 0 bridgehead atoms. The van der Waals surface area contributed by atoms with Crippen LogP contribution < -0.4 is 0 Å². The molecular formula is C14H20O2. The Bertz CT molecular complexity index is 348. The van der Waals surface area contributed by atoms with Crippen LogP contribution in [0.15, 0.2) is 24.3 Å². The van der Waals surface area contributed by atoms with Crippen LogP contribution in [0.1, 0.15) is 49.5 Å². The summed E-state index contributed by atoms with van der Waals surface area (Å²) < 4.78 is 0. The Labute approximate surface area is 97.3 Å². The van der Waals surface area contributed by atoms with Gasteiger partial charge in [-0.2, -0.15) is 0 Å². The van der Waals surface area contributed by atoms with Crippen LogP contribution in [0.5, 0.6) is 0 Å². The number of aliphatic hydroxyl groups excluding tert-OH is 1. The van der Waals surface area contributed by atoms with E-state index in [0.717, 1.165) is 12.8 Å². The second-order valence-electron chi connectivity index (χ2n) is 4.43. The molecule has 0 aromatic heterocycles. The first-order valence-electron chi connectivity index (χ1n) is 5.82. The average molecular weight is 220 g/mol. The lowest BCUT2D eigenvalue weighted by Gasteiger charge is -2.27. The van der Waals surface area contributed by atoms with Gasteiger partial charge >= 0.3 is 0 Å². The molecular weight excluding hydrogens is 200 g/mol. The third-order valence-electron chi connectivity index (χ3n) is 3.61. The zero-order chi connectivity index (χ0) is 12.2. The topological polar surface area (TPSA) is 37.3 Å². The van der Waals surface area contributed by atoms with Crippen molar-refractivity contribution in [2.75, 3.05) is 6.61 Å². The van der Waals surface area contributed by atoms with Gasteiger partial charge in [0, 0.05) is 5.56 Å².